The van der Waals surface area contributed by atoms with Gasteiger partial charge in [-0.25, -0.2) is 0 Å². The predicted octanol–water partition coefficient (Wildman–Crippen LogP) is 5.54. The van der Waals surface area contributed by atoms with E-state index in [9.17, 15) is 9.59 Å². The molecule has 3 aliphatic rings. The number of nitrogens with one attached hydrogen (secondary N) is 2. The van der Waals surface area contributed by atoms with E-state index in [-0.39, 0.29) is 11.8 Å². The lowest BCUT2D eigenvalue weighted by Crippen LogP contribution is -2.38. The van der Waals surface area contributed by atoms with E-state index in [1.165, 1.54) is 38.6 Å². The number of carbonyl (C=O) groups is 2. The fraction of sp³-hybridized carbons (Fsp3) is 0.533. The first kappa shape index (κ1) is 24.1. The molecular formula is C30H39N3O2. The summed E-state index contributed by atoms with van der Waals surface area (Å²) >= 11 is 0. The molecule has 186 valence electrons. The number of hydrogen-bond acceptors (Lipinski definition) is 3. The molecule has 2 amide bonds. The van der Waals surface area contributed by atoms with Crippen molar-refractivity contribution in [2.45, 2.75) is 82.3 Å². The zero-order valence-corrected chi connectivity index (χ0v) is 20.8. The van der Waals surface area contributed by atoms with Gasteiger partial charge in [0.05, 0.1) is 0 Å². The molecule has 2 aliphatic heterocycles. The van der Waals surface area contributed by atoms with Gasteiger partial charge in [0.2, 0.25) is 5.91 Å². The average Bonchev–Trinajstić information content (AvgIpc) is 3.45. The number of unbranched alkanes of at least 4 members (excludes halogenated alkanes) is 1. The Bertz CT molecular complexity index is 969. The predicted molar refractivity (Wildman–Crippen MR) is 139 cm³/mol. The van der Waals surface area contributed by atoms with Crippen molar-refractivity contribution in [1.29, 1.82) is 0 Å². The Kier molecular flexibility index (Phi) is 7.82. The second-order valence-corrected chi connectivity index (χ2v) is 10.6. The summed E-state index contributed by atoms with van der Waals surface area (Å²) in [6, 6.07) is 19.9. The summed E-state index contributed by atoms with van der Waals surface area (Å²) in [5.41, 5.74) is 3.83. The number of hydrogen-bond donors (Lipinski definition) is 2. The van der Waals surface area contributed by atoms with E-state index in [1.807, 2.05) is 30.3 Å². The number of carbonyl (C=O) groups excluding carboxylic acids is 2. The number of fused-ring (bicyclic) bond motifs is 5. The molecule has 2 N–H and O–H groups in total. The fourth-order valence-electron chi connectivity index (χ4n) is 6.49. The third-order valence-electron chi connectivity index (χ3n) is 8.39. The summed E-state index contributed by atoms with van der Waals surface area (Å²) < 4.78 is 0. The zero-order valence-electron chi connectivity index (χ0n) is 20.8. The largest absolute Gasteiger partial charge is 0.353 e. The van der Waals surface area contributed by atoms with Crippen LogP contribution in [0, 0.1) is 5.92 Å². The van der Waals surface area contributed by atoms with Crippen LogP contribution in [0.3, 0.4) is 0 Å². The number of amides is 2. The molecular weight excluding hydrogens is 434 g/mol. The lowest BCUT2D eigenvalue weighted by molar-refractivity contribution is -0.122. The molecule has 1 aliphatic carbocycles. The van der Waals surface area contributed by atoms with Crippen molar-refractivity contribution in [3.05, 3.63) is 71.3 Å². The van der Waals surface area contributed by atoms with E-state index in [2.05, 4.69) is 39.8 Å². The van der Waals surface area contributed by atoms with Crippen LogP contribution in [0.1, 0.15) is 97.8 Å². The van der Waals surface area contributed by atoms with Crippen molar-refractivity contribution in [1.82, 2.24) is 15.5 Å². The molecule has 2 aromatic rings. The van der Waals surface area contributed by atoms with Gasteiger partial charge in [0.1, 0.15) is 0 Å². The van der Waals surface area contributed by atoms with Crippen LogP contribution in [0.25, 0.3) is 0 Å². The van der Waals surface area contributed by atoms with E-state index in [1.54, 1.807) is 11.1 Å². The maximum atomic E-state index is 12.4. The van der Waals surface area contributed by atoms with Crippen molar-refractivity contribution >= 4 is 11.8 Å². The van der Waals surface area contributed by atoms with Crippen LogP contribution in [0.15, 0.2) is 54.6 Å². The zero-order chi connectivity index (χ0) is 24.0. The highest BCUT2D eigenvalue weighted by molar-refractivity contribution is 5.94. The summed E-state index contributed by atoms with van der Waals surface area (Å²) in [4.78, 5) is 27.2. The first-order valence-corrected chi connectivity index (χ1v) is 13.7. The summed E-state index contributed by atoms with van der Waals surface area (Å²) in [6.07, 6.45) is 10.8. The summed E-state index contributed by atoms with van der Waals surface area (Å²) in [5, 5.41) is 6.19. The summed E-state index contributed by atoms with van der Waals surface area (Å²) in [7, 11) is 0. The Balaban J connectivity index is 0.939. The topological polar surface area (TPSA) is 61.4 Å². The molecule has 2 unspecified atom stereocenters. The Morgan fingerprint density at radius 2 is 1.46 bits per heavy atom. The van der Waals surface area contributed by atoms with E-state index < -0.39 is 0 Å². The monoisotopic (exact) mass is 473 g/mol. The molecule has 1 saturated carbocycles. The van der Waals surface area contributed by atoms with Crippen LogP contribution in [-0.4, -0.2) is 35.8 Å². The Labute approximate surface area is 209 Å². The van der Waals surface area contributed by atoms with Crippen LogP contribution in [0.5, 0.6) is 0 Å². The molecule has 35 heavy (non-hydrogen) atoms. The third kappa shape index (κ3) is 5.78. The van der Waals surface area contributed by atoms with Crippen LogP contribution in [0.2, 0.25) is 0 Å². The fourth-order valence-corrected chi connectivity index (χ4v) is 6.49. The molecule has 5 rings (SSSR count). The molecule has 2 aromatic carbocycles. The van der Waals surface area contributed by atoms with Gasteiger partial charge in [0.15, 0.2) is 0 Å². The Morgan fingerprint density at radius 3 is 2.14 bits per heavy atom. The molecule has 0 radical (unpaired) electrons. The highest BCUT2D eigenvalue weighted by Crippen LogP contribution is 2.53. The molecule has 0 aromatic heterocycles. The Morgan fingerprint density at radius 1 is 0.800 bits per heavy atom. The van der Waals surface area contributed by atoms with Gasteiger partial charge in [0, 0.05) is 36.7 Å². The summed E-state index contributed by atoms with van der Waals surface area (Å²) in [5.74, 6) is 0.905. The standard InChI is InChI=1S/C30H39N3O2/c34-29(12-6-7-20-31-30(35)23-8-2-1-3-9-23)32-24-15-13-22(14-16-24)19-21-33-27-17-18-28(33)26-11-5-4-10-25(26)27/h1-5,8-11,22,24,27-28H,6-7,12-21H2,(H,31,35)(H,32,34). The van der Waals surface area contributed by atoms with Gasteiger partial charge >= 0.3 is 0 Å². The molecule has 2 heterocycles. The molecule has 2 bridgehead atoms. The highest BCUT2D eigenvalue weighted by Gasteiger charge is 2.43. The van der Waals surface area contributed by atoms with E-state index in [0.29, 0.717) is 36.7 Å². The van der Waals surface area contributed by atoms with Crippen molar-refractivity contribution in [2.75, 3.05) is 13.1 Å². The normalized spacial score (nSPS) is 25.3. The van der Waals surface area contributed by atoms with Crippen LogP contribution < -0.4 is 10.6 Å². The molecule has 2 fully saturated rings. The molecule has 5 nitrogen and oxygen atoms in total. The van der Waals surface area contributed by atoms with Crippen molar-refractivity contribution < 1.29 is 9.59 Å². The van der Waals surface area contributed by atoms with Gasteiger partial charge in [-0.05, 0) is 93.5 Å². The van der Waals surface area contributed by atoms with E-state index in [4.69, 9.17) is 0 Å². The van der Waals surface area contributed by atoms with Crippen molar-refractivity contribution in [3.8, 4) is 0 Å². The molecule has 1 saturated heterocycles. The summed E-state index contributed by atoms with van der Waals surface area (Å²) in [6.45, 7) is 1.82. The van der Waals surface area contributed by atoms with Crippen LogP contribution in [0.4, 0.5) is 0 Å². The first-order chi connectivity index (χ1) is 17.2. The lowest BCUT2D eigenvalue weighted by Gasteiger charge is -2.31. The van der Waals surface area contributed by atoms with Gasteiger partial charge < -0.3 is 10.6 Å². The highest BCUT2D eigenvalue weighted by atomic mass is 16.2. The first-order valence-electron chi connectivity index (χ1n) is 13.7. The molecule has 2 atom stereocenters. The van der Waals surface area contributed by atoms with Crippen LogP contribution in [-0.2, 0) is 4.79 Å². The third-order valence-corrected chi connectivity index (χ3v) is 8.39. The van der Waals surface area contributed by atoms with Gasteiger partial charge in [-0.2, -0.15) is 0 Å². The smallest absolute Gasteiger partial charge is 0.251 e. The number of rotatable bonds is 10. The van der Waals surface area contributed by atoms with E-state index in [0.717, 1.165) is 31.6 Å². The molecule has 5 heteroatoms. The maximum Gasteiger partial charge on any atom is 0.251 e. The minimum absolute atomic E-state index is 0.0475. The van der Waals surface area contributed by atoms with E-state index >= 15 is 0 Å². The Hall–Kier alpha value is -2.66. The van der Waals surface area contributed by atoms with Gasteiger partial charge in [-0.1, -0.05) is 42.5 Å². The van der Waals surface area contributed by atoms with Crippen LogP contribution >= 0.6 is 0 Å². The SMILES string of the molecule is O=C(CCCCNC(=O)c1ccccc1)NC1CCC(CCN2C3CCC2c2ccccc23)CC1. The minimum atomic E-state index is -0.0475. The molecule has 0 spiro atoms. The van der Waals surface area contributed by atoms with Gasteiger partial charge in [0.25, 0.3) is 5.91 Å². The second kappa shape index (κ2) is 11.4. The van der Waals surface area contributed by atoms with Crippen molar-refractivity contribution in [2.24, 2.45) is 5.92 Å². The maximum absolute atomic E-state index is 12.4. The second-order valence-electron chi connectivity index (χ2n) is 10.6. The number of benzene rings is 2. The lowest BCUT2D eigenvalue weighted by atomic mass is 9.84. The average molecular weight is 474 g/mol. The minimum Gasteiger partial charge on any atom is -0.353 e. The number of nitrogens with zero attached hydrogens (tertiary/aromatic N) is 1. The van der Waals surface area contributed by atoms with Gasteiger partial charge in [-0.3, -0.25) is 14.5 Å². The van der Waals surface area contributed by atoms with Gasteiger partial charge in [-0.15, -0.1) is 0 Å². The van der Waals surface area contributed by atoms with Crippen molar-refractivity contribution in [3.63, 3.8) is 0 Å². The quantitative estimate of drug-likeness (QED) is 0.445.